The number of benzene rings is 2. The van der Waals surface area contributed by atoms with Gasteiger partial charge >= 0.3 is 0 Å². The molecule has 1 N–H and O–H groups in total. The quantitative estimate of drug-likeness (QED) is 0.721. The van der Waals surface area contributed by atoms with Crippen LogP contribution in [0.25, 0.3) is 5.69 Å². The molecule has 26 heavy (non-hydrogen) atoms. The van der Waals surface area contributed by atoms with Crippen LogP contribution in [0.4, 0.5) is 10.1 Å². The Bertz CT molecular complexity index is 948. The van der Waals surface area contributed by atoms with Crippen molar-refractivity contribution >= 4 is 23.2 Å². The van der Waals surface area contributed by atoms with Crippen LogP contribution in [0.15, 0.2) is 48.5 Å². The molecular weight excluding hydrogens is 353 g/mol. The van der Waals surface area contributed by atoms with E-state index in [0.29, 0.717) is 16.4 Å². The molecule has 0 aliphatic heterocycles. The van der Waals surface area contributed by atoms with Gasteiger partial charge in [0.1, 0.15) is 5.82 Å². The van der Waals surface area contributed by atoms with Gasteiger partial charge in [-0.25, -0.2) is 9.07 Å². The van der Waals surface area contributed by atoms with Crippen LogP contribution in [-0.4, -0.2) is 15.7 Å². The molecule has 1 heterocycles. The molecule has 132 valence electrons. The summed E-state index contributed by atoms with van der Waals surface area (Å²) in [5.74, 6) is -0.540. The highest BCUT2D eigenvalue weighted by Gasteiger charge is 2.25. The largest absolute Gasteiger partial charge is 0.321 e. The third-order valence-electron chi connectivity index (χ3n) is 4.57. The summed E-state index contributed by atoms with van der Waals surface area (Å²) < 4.78 is 15.0. The van der Waals surface area contributed by atoms with Crippen molar-refractivity contribution in [2.24, 2.45) is 0 Å². The Balaban J connectivity index is 1.70. The number of amides is 1. The summed E-state index contributed by atoms with van der Waals surface area (Å²) in [6.07, 6.45) is 3.76. The Morgan fingerprint density at radius 2 is 1.73 bits per heavy atom. The molecule has 0 atom stereocenters. The molecule has 4 nitrogen and oxygen atoms in total. The van der Waals surface area contributed by atoms with Gasteiger partial charge in [0.2, 0.25) is 0 Å². The molecule has 4 rings (SSSR count). The van der Waals surface area contributed by atoms with Crippen molar-refractivity contribution in [2.45, 2.75) is 25.7 Å². The first-order valence-corrected chi connectivity index (χ1v) is 8.93. The summed E-state index contributed by atoms with van der Waals surface area (Å²) in [7, 11) is 0. The van der Waals surface area contributed by atoms with E-state index in [1.165, 1.54) is 12.1 Å². The molecule has 1 aliphatic carbocycles. The molecule has 1 aromatic heterocycles. The van der Waals surface area contributed by atoms with Crippen LogP contribution in [0.5, 0.6) is 0 Å². The minimum absolute atomic E-state index is 0.244. The smallest absolute Gasteiger partial charge is 0.276 e. The van der Waals surface area contributed by atoms with E-state index in [4.69, 9.17) is 11.6 Å². The van der Waals surface area contributed by atoms with Crippen molar-refractivity contribution in [3.63, 3.8) is 0 Å². The van der Waals surface area contributed by atoms with Gasteiger partial charge in [0.05, 0.1) is 5.69 Å². The third-order valence-corrected chi connectivity index (χ3v) is 4.82. The molecule has 6 heteroatoms. The normalized spacial score (nSPS) is 13.3. The first-order valence-electron chi connectivity index (χ1n) is 8.55. The first-order chi connectivity index (χ1) is 12.6. The van der Waals surface area contributed by atoms with Crippen molar-refractivity contribution in [3.8, 4) is 5.69 Å². The second-order valence-electron chi connectivity index (χ2n) is 6.33. The number of hydrogen-bond acceptors (Lipinski definition) is 2. The molecule has 2 aromatic carbocycles. The maximum atomic E-state index is 13.2. The fourth-order valence-corrected chi connectivity index (χ4v) is 3.43. The number of fused-ring (bicyclic) bond motifs is 1. The van der Waals surface area contributed by atoms with E-state index in [-0.39, 0.29) is 11.7 Å². The predicted octanol–water partition coefficient (Wildman–Crippen LogP) is 4.80. The highest BCUT2D eigenvalue weighted by Crippen LogP contribution is 2.27. The van der Waals surface area contributed by atoms with Crippen LogP contribution in [-0.2, 0) is 12.8 Å². The lowest BCUT2D eigenvalue weighted by atomic mass is 9.95. The molecule has 0 spiro atoms. The number of carbonyl (C=O) groups is 1. The fourth-order valence-electron chi connectivity index (χ4n) is 3.30. The third kappa shape index (κ3) is 3.22. The van der Waals surface area contributed by atoms with Gasteiger partial charge < -0.3 is 5.32 Å². The summed E-state index contributed by atoms with van der Waals surface area (Å²) in [6, 6.07) is 13.1. The number of nitrogens with one attached hydrogen (secondary N) is 1. The van der Waals surface area contributed by atoms with Gasteiger partial charge in [0.15, 0.2) is 5.69 Å². The number of halogens is 2. The van der Waals surface area contributed by atoms with E-state index in [1.54, 1.807) is 41.1 Å². The van der Waals surface area contributed by atoms with Crippen molar-refractivity contribution in [1.82, 2.24) is 9.78 Å². The van der Waals surface area contributed by atoms with Crippen LogP contribution in [0, 0.1) is 5.82 Å². The van der Waals surface area contributed by atoms with Gasteiger partial charge in [-0.15, -0.1) is 0 Å². The zero-order chi connectivity index (χ0) is 18.1. The number of anilines is 1. The van der Waals surface area contributed by atoms with E-state index < -0.39 is 0 Å². The number of rotatable bonds is 3. The van der Waals surface area contributed by atoms with Crippen LogP contribution >= 0.6 is 11.6 Å². The van der Waals surface area contributed by atoms with E-state index in [1.807, 2.05) is 0 Å². The van der Waals surface area contributed by atoms with Gasteiger partial charge in [-0.3, -0.25) is 4.79 Å². The maximum Gasteiger partial charge on any atom is 0.276 e. The highest BCUT2D eigenvalue weighted by molar-refractivity contribution is 6.30. The molecule has 0 saturated carbocycles. The summed E-state index contributed by atoms with van der Waals surface area (Å²) >= 11 is 5.89. The average Bonchev–Trinajstić information content (AvgIpc) is 3.04. The van der Waals surface area contributed by atoms with Crippen molar-refractivity contribution < 1.29 is 9.18 Å². The summed E-state index contributed by atoms with van der Waals surface area (Å²) in [6.45, 7) is 0. The van der Waals surface area contributed by atoms with Crippen molar-refractivity contribution in [3.05, 3.63) is 76.3 Å². The van der Waals surface area contributed by atoms with E-state index in [2.05, 4.69) is 10.4 Å². The van der Waals surface area contributed by atoms with Gasteiger partial charge in [-0.1, -0.05) is 11.6 Å². The second-order valence-corrected chi connectivity index (χ2v) is 6.77. The van der Waals surface area contributed by atoms with Crippen molar-refractivity contribution in [1.29, 1.82) is 0 Å². The second kappa shape index (κ2) is 6.92. The Hall–Kier alpha value is -2.66. The molecule has 0 fully saturated rings. The predicted molar refractivity (Wildman–Crippen MR) is 99.6 cm³/mol. The Labute approximate surface area is 155 Å². The lowest BCUT2D eigenvalue weighted by Crippen LogP contribution is -2.15. The first kappa shape index (κ1) is 16.8. The molecule has 1 amide bonds. The summed E-state index contributed by atoms with van der Waals surface area (Å²) in [5, 5.41) is 8.05. The molecule has 0 bridgehead atoms. The number of aromatic nitrogens is 2. The SMILES string of the molecule is O=C(Nc1ccc(Cl)cc1)c1nn(-c2ccc(F)cc2)c2c1CCCC2. The highest BCUT2D eigenvalue weighted by atomic mass is 35.5. The van der Waals surface area contributed by atoms with Gasteiger partial charge in [0, 0.05) is 22.0 Å². The minimum Gasteiger partial charge on any atom is -0.321 e. The lowest BCUT2D eigenvalue weighted by molar-refractivity contribution is 0.102. The maximum absolute atomic E-state index is 13.2. The Kier molecular flexibility index (Phi) is 4.47. The zero-order valence-electron chi connectivity index (χ0n) is 14.0. The van der Waals surface area contributed by atoms with Gasteiger partial charge in [0.25, 0.3) is 5.91 Å². The van der Waals surface area contributed by atoms with Crippen LogP contribution in [0.3, 0.4) is 0 Å². The lowest BCUT2D eigenvalue weighted by Gasteiger charge is -2.14. The molecule has 3 aromatic rings. The standard InChI is InChI=1S/C20H17ClFN3O/c21-13-5-9-15(10-6-13)23-20(26)19-17-3-1-2-4-18(17)25(24-19)16-11-7-14(22)8-12-16/h5-12H,1-4H2,(H,23,26). The number of hydrogen-bond donors (Lipinski definition) is 1. The van der Waals surface area contributed by atoms with Crippen LogP contribution in [0.2, 0.25) is 5.02 Å². The van der Waals surface area contributed by atoms with Gasteiger partial charge in [-0.2, -0.15) is 5.10 Å². The summed E-state index contributed by atoms with van der Waals surface area (Å²) in [5.41, 5.74) is 3.87. The Morgan fingerprint density at radius 1 is 1.04 bits per heavy atom. The minimum atomic E-state index is -0.296. The van der Waals surface area contributed by atoms with E-state index in [0.717, 1.165) is 42.6 Å². The van der Waals surface area contributed by atoms with Gasteiger partial charge in [-0.05, 0) is 74.2 Å². The molecule has 1 aliphatic rings. The summed E-state index contributed by atoms with van der Waals surface area (Å²) in [4.78, 5) is 12.8. The topological polar surface area (TPSA) is 46.9 Å². The average molecular weight is 370 g/mol. The van der Waals surface area contributed by atoms with E-state index >= 15 is 0 Å². The van der Waals surface area contributed by atoms with E-state index in [9.17, 15) is 9.18 Å². The zero-order valence-corrected chi connectivity index (χ0v) is 14.8. The Morgan fingerprint density at radius 3 is 2.46 bits per heavy atom. The molecule has 0 saturated heterocycles. The molecule has 0 unspecified atom stereocenters. The monoisotopic (exact) mass is 369 g/mol. The van der Waals surface area contributed by atoms with Crippen LogP contribution in [0.1, 0.15) is 34.6 Å². The number of carbonyl (C=O) groups excluding carboxylic acids is 1. The number of nitrogens with zero attached hydrogens (tertiary/aromatic N) is 2. The fraction of sp³-hybridized carbons (Fsp3) is 0.200. The molecular formula is C20H17ClFN3O. The van der Waals surface area contributed by atoms with Crippen molar-refractivity contribution in [2.75, 3.05) is 5.32 Å². The molecule has 0 radical (unpaired) electrons. The van der Waals surface area contributed by atoms with Crippen LogP contribution < -0.4 is 5.32 Å².